The lowest BCUT2D eigenvalue weighted by Crippen LogP contribution is -2.00. The van der Waals surface area contributed by atoms with Crippen LogP contribution in [0.5, 0.6) is 5.75 Å². The predicted octanol–water partition coefficient (Wildman–Crippen LogP) is 2.60. The molecular weight excluding hydrogens is 267 g/mol. The fourth-order valence-electron chi connectivity index (χ4n) is 0.877. The molecule has 0 radical (unpaired) electrons. The first kappa shape index (κ1) is 9.80. The van der Waals surface area contributed by atoms with E-state index < -0.39 is 0 Å². The average Bonchev–Trinajstić information content (AvgIpc) is 2.15. The van der Waals surface area contributed by atoms with Gasteiger partial charge in [0, 0.05) is 17.1 Å². The molecule has 2 nitrogen and oxygen atoms in total. The zero-order chi connectivity index (χ0) is 8.81. The fourth-order valence-corrected chi connectivity index (χ4v) is 1.51. The van der Waals surface area contributed by atoms with E-state index in [1.54, 1.807) is 7.11 Å². The molecule has 0 heterocycles. The van der Waals surface area contributed by atoms with Crippen molar-refractivity contribution in [3.05, 3.63) is 29.8 Å². The molecular formula is C9H11IO2. The van der Waals surface area contributed by atoms with Gasteiger partial charge in [-0.15, -0.1) is 0 Å². The summed E-state index contributed by atoms with van der Waals surface area (Å²) in [5, 5.41) is 0. The number of hydrogen-bond acceptors (Lipinski definition) is 2. The molecule has 1 rings (SSSR count). The van der Waals surface area contributed by atoms with Crippen LogP contribution in [0, 0.1) is 0 Å². The van der Waals surface area contributed by atoms with Gasteiger partial charge in [0.05, 0.1) is 0 Å². The SMILES string of the molecule is COCOc1ccccc1CI. The first-order valence-corrected chi connectivity index (χ1v) is 5.16. The van der Waals surface area contributed by atoms with Crippen molar-refractivity contribution in [1.82, 2.24) is 0 Å². The third-order valence-corrected chi connectivity index (χ3v) is 2.27. The second kappa shape index (κ2) is 5.37. The maximum atomic E-state index is 5.35. The Morgan fingerprint density at radius 3 is 2.75 bits per heavy atom. The van der Waals surface area contributed by atoms with Crippen LogP contribution in [0.3, 0.4) is 0 Å². The Balaban J connectivity index is 2.68. The molecule has 0 saturated carbocycles. The molecule has 0 saturated heterocycles. The number of benzene rings is 1. The highest BCUT2D eigenvalue weighted by atomic mass is 127. The van der Waals surface area contributed by atoms with Gasteiger partial charge >= 0.3 is 0 Å². The van der Waals surface area contributed by atoms with Gasteiger partial charge in [0.25, 0.3) is 0 Å². The summed E-state index contributed by atoms with van der Waals surface area (Å²) in [7, 11) is 1.62. The summed E-state index contributed by atoms with van der Waals surface area (Å²) >= 11 is 2.31. The number of rotatable bonds is 4. The van der Waals surface area contributed by atoms with Crippen molar-refractivity contribution < 1.29 is 9.47 Å². The van der Waals surface area contributed by atoms with Gasteiger partial charge in [-0.2, -0.15) is 0 Å². The minimum Gasteiger partial charge on any atom is -0.467 e. The van der Waals surface area contributed by atoms with E-state index in [9.17, 15) is 0 Å². The van der Waals surface area contributed by atoms with Gasteiger partial charge in [-0.3, -0.25) is 0 Å². The number of alkyl halides is 1. The maximum Gasteiger partial charge on any atom is 0.188 e. The number of halogens is 1. The molecule has 0 amide bonds. The van der Waals surface area contributed by atoms with Crippen LogP contribution in [0.4, 0.5) is 0 Å². The summed E-state index contributed by atoms with van der Waals surface area (Å²) < 4.78 is 11.1. The van der Waals surface area contributed by atoms with E-state index in [0.717, 1.165) is 10.2 Å². The van der Waals surface area contributed by atoms with E-state index in [2.05, 4.69) is 28.7 Å². The highest BCUT2D eigenvalue weighted by molar-refractivity contribution is 14.1. The van der Waals surface area contributed by atoms with Crippen LogP contribution < -0.4 is 4.74 Å². The zero-order valence-corrected chi connectivity index (χ0v) is 9.08. The van der Waals surface area contributed by atoms with E-state index in [1.165, 1.54) is 5.56 Å². The van der Waals surface area contributed by atoms with Crippen LogP contribution in [-0.2, 0) is 9.16 Å². The lowest BCUT2D eigenvalue weighted by molar-refractivity contribution is 0.0506. The Labute approximate surface area is 86.0 Å². The van der Waals surface area contributed by atoms with E-state index in [1.807, 2.05) is 18.2 Å². The van der Waals surface area contributed by atoms with E-state index >= 15 is 0 Å². The Morgan fingerprint density at radius 1 is 1.33 bits per heavy atom. The number of para-hydroxylation sites is 1. The Bertz CT molecular complexity index is 238. The van der Waals surface area contributed by atoms with Gasteiger partial charge in [0.15, 0.2) is 6.79 Å². The van der Waals surface area contributed by atoms with Gasteiger partial charge < -0.3 is 9.47 Å². The highest BCUT2D eigenvalue weighted by Crippen LogP contribution is 2.20. The standard InChI is InChI=1S/C9H11IO2/c1-11-7-12-9-5-3-2-4-8(9)6-10/h2-5H,6-7H2,1H3. The Kier molecular flexibility index (Phi) is 4.39. The molecule has 0 unspecified atom stereocenters. The first-order valence-electron chi connectivity index (χ1n) is 3.64. The van der Waals surface area contributed by atoms with E-state index in [4.69, 9.17) is 9.47 Å². The first-order chi connectivity index (χ1) is 5.88. The topological polar surface area (TPSA) is 18.5 Å². The Morgan fingerprint density at radius 2 is 2.08 bits per heavy atom. The summed E-state index contributed by atoms with van der Waals surface area (Å²) in [6.45, 7) is 0.313. The third kappa shape index (κ3) is 2.64. The van der Waals surface area contributed by atoms with Gasteiger partial charge in [-0.1, -0.05) is 40.8 Å². The third-order valence-electron chi connectivity index (χ3n) is 1.45. The fraction of sp³-hybridized carbons (Fsp3) is 0.333. The number of methoxy groups -OCH3 is 1. The van der Waals surface area contributed by atoms with Gasteiger partial charge in [-0.25, -0.2) is 0 Å². The lowest BCUT2D eigenvalue weighted by atomic mass is 10.2. The van der Waals surface area contributed by atoms with Gasteiger partial charge in [0.1, 0.15) is 5.75 Å². The molecule has 0 atom stereocenters. The molecule has 12 heavy (non-hydrogen) atoms. The number of hydrogen-bond donors (Lipinski definition) is 0. The quantitative estimate of drug-likeness (QED) is 0.479. The van der Waals surface area contributed by atoms with E-state index in [0.29, 0.717) is 6.79 Å². The molecule has 0 aliphatic carbocycles. The normalized spacial score (nSPS) is 9.83. The Hall–Kier alpha value is -0.290. The molecule has 1 aromatic carbocycles. The average molecular weight is 278 g/mol. The predicted molar refractivity (Wildman–Crippen MR) is 56.7 cm³/mol. The smallest absolute Gasteiger partial charge is 0.188 e. The second-order valence-corrected chi connectivity index (χ2v) is 3.06. The summed E-state index contributed by atoms with van der Waals surface area (Å²) in [5.41, 5.74) is 1.20. The summed E-state index contributed by atoms with van der Waals surface area (Å²) in [4.78, 5) is 0. The monoisotopic (exact) mass is 278 g/mol. The van der Waals surface area contributed by atoms with Crippen molar-refractivity contribution in [2.24, 2.45) is 0 Å². The molecule has 0 fully saturated rings. The zero-order valence-electron chi connectivity index (χ0n) is 6.92. The number of ether oxygens (including phenoxy) is 2. The van der Waals surface area contributed by atoms with Crippen molar-refractivity contribution >= 4 is 22.6 Å². The van der Waals surface area contributed by atoms with Crippen LogP contribution in [0.25, 0.3) is 0 Å². The highest BCUT2D eigenvalue weighted by Gasteiger charge is 1.99. The van der Waals surface area contributed by atoms with Crippen LogP contribution in [0.15, 0.2) is 24.3 Å². The van der Waals surface area contributed by atoms with Crippen molar-refractivity contribution in [2.75, 3.05) is 13.9 Å². The lowest BCUT2D eigenvalue weighted by Gasteiger charge is -2.07. The van der Waals surface area contributed by atoms with Crippen molar-refractivity contribution in [3.63, 3.8) is 0 Å². The molecule has 0 spiro atoms. The molecule has 0 aromatic heterocycles. The molecule has 0 aliphatic heterocycles. The molecule has 0 bridgehead atoms. The van der Waals surface area contributed by atoms with Crippen molar-refractivity contribution in [3.8, 4) is 5.75 Å². The van der Waals surface area contributed by atoms with Gasteiger partial charge in [0.2, 0.25) is 0 Å². The minimum absolute atomic E-state index is 0.313. The summed E-state index contributed by atoms with van der Waals surface area (Å²) in [5.74, 6) is 0.911. The minimum atomic E-state index is 0.313. The largest absolute Gasteiger partial charge is 0.467 e. The van der Waals surface area contributed by atoms with Crippen molar-refractivity contribution in [1.29, 1.82) is 0 Å². The second-order valence-electron chi connectivity index (χ2n) is 2.29. The van der Waals surface area contributed by atoms with Crippen LogP contribution in [0.1, 0.15) is 5.56 Å². The van der Waals surface area contributed by atoms with Gasteiger partial charge in [-0.05, 0) is 6.07 Å². The van der Waals surface area contributed by atoms with Crippen LogP contribution in [-0.4, -0.2) is 13.9 Å². The van der Waals surface area contributed by atoms with Crippen molar-refractivity contribution in [2.45, 2.75) is 4.43 Å². The van der Waals surface area contributed by atoms with E-state index in [-0.39, 0.29) is 0 Å². The molecule has 0 N–H and O–H groups in total. The van der Waals surface area contributed by atoms with Crippen LogP contribution >= 0.6 is 22.6 Å². The molecule has 66 valence electrons. The molecule has 0 aliphatic rings. The molecule has 3 heteroatoms. The van der Waals surface area contributed by atoms with Crippen LogP contribution in [0.2, 0.25) is 0 Å². The summed E-state index contributed by atoms with van der Waals surface area (Å²) in [6.07, 6.45) is 0. The summed E-state index contributed by atoms with van der Waals surface area (Å²) in [6, 6.07) is 7.97. The maximum absolute atomic E-state index is 5.35. The molecule has 1 aromatic rings.